The fourth-order valence-electron chi connectivity index (χ4n) is 1.95. The number of rotatable bonds is 3. The quantitative estimate of drug-likeness (QED) is 0.918. The maximum absolute atomic E-state index is 4.55. The number of hydrogen-bond donors (Lipinski definition) is 1. The highest BCUT2D eigenvalue weighted by Crippen LogP contribution is 2.25. The van der Waals surface area contributed by atoms with Gasteiger partial charge in [0, 0.05) is 48.1 Å². The summed E-state index contributed by atoms with van der Waals surface area (Å²) in [4.78, 5) is 11.4. The van der Waals surface area contributed by atoms with Crippen LogP contribution in [-0.2, 0) is 6.54 Å². The fourth-order valence-corrected chi connectivity index (χ4v) is 3.16. The Bertz CT molecular complexity index is 399. The first-order valence-corrected chi connectivity index (χ1v) is 7.95. The Morgan fingerprint density at radius 2 is 2.05 bits per heavy atom. The Morgan fingerprint density at radius 1 is 1.37 bits per heavy atom. The number of nitrogens with one attached hydrogen (secondary N) is 1. The van der Waals surface area contributed by atoms with Gasteiger partial charge in [0.2, 0.25) is 0 Å². The molecule has 0 spiro atoms. The zero-order chi connectivity index (χ0) is 13.9. The molecule has 2 rings (SSSR count). The Labute approximate surface area is 120 Å². The van der Waals surface area contributed by atoms with E-state index in [0.29, 0.717) is 6.04 Å². The lowest BCUT2D eigenvalue weighted by atomic mass is 10.1. The summed E-state index contributed by atoms with van der Waals surface area (Å²) >= 11 is 1.99. The zero-order valence-corrected chi connectivity index (χ0v) is 13.1. The summed E-state index contributed by atoms with van der Waals surface area (Å²) in [5.74, 6) is 3.26. The molecule has 0 bridgehead atoms. The first-order chi connectivity index (χ1) is 8.96. The second-order valence-corrected chi connectivity index (χ2v) is 7.27. The van der Waals surface area contributed by atoms with Gasteiger partial charge in [0.15, 0.2) is 0 Å². The molecular formula is C14H24N4S. The Kier molecular flexibility index (Phi) is 4.81. The van der Waals surface area contributed by atoms with E-state index in [-0.39, 0.29) is 5.54 Å². The molecule has 0 amide bonds. The standard InChI is InChI=1S/C14H24N4S/c1-14(2,3)17-9-11-7-15-13(16-8-11)12-10-19-6-5-18(12)4/h7-8,12,17H,5-6,9-10H2,1-4H3. The molecule has 1 saturated heterocycles. The van der Waals surface area contributed by atoms with E-state index in [4.69, 9.17) is 0 Å². The van der Waals surface area contributed by atoms with Crippen LogP contribution >= 0.6 is 11.8 Å². The van der Waals surface area contributed by atoms with Crippen LogP contribution in [0.1, 0.15) is 38.2 Å². The molecule has 19 heavy (non-hydrogen) atoms. The van der Waals surface area contributed by atoms with Crippen LogP contribution < -0.4 is 5.32 Å². The highest BCUT2D eigenvalue weighted by Gasteiger charge is 2.23. The number of aromatic nitrogens is 2. The average Bonchev–Trinajstić information content (AvgIpc) is 2.37. The summed E-state index contributed by atoms with van der Waals surface area (Å²) in [5.41, 5.74) is 1.27. The Hall–Kier alpha value is -0.650. The summed E-state index contributed by atoms with van der Waals surface area (Å²) in [6, 6.07) is 0.364. The molecule has 1 unspecified atom stereocenters. The SMILES string of the molecule is CN1CCSCC1c1ncc(CNC(C)(C)C)cn1. The average molecular weight is 280 g/mol. The molecule has 0 radical (unpaired) electrons. The smallest absolute Gasteiger partial charge is 0.146 e. The van der Waals surface area contributed by atoms with E-state index in [1.165, 1.54) is 5.75 Å². The zero-order valence-electron chi connectivity index (χ0n) is 12.3. The van der Waals surface area contributed by atoms with Gasteiger partial charge in [-0.2, -0.15) is 11.8 Å². The summed E-state index contributed by atoms with van der Waals surface area (Å²) in [5, 5.41) is 3.45. The molecule has 5 heteroatoms. The van der Waals surface area contributed by atoms with Crippen molar-refractivity contribution in [2.24, 2.45) is 0 Å². The third-order valence-corrected chi connectivity index (χ3v) is 4.26. The topological polar surface area (TPSA) is 41.1 Å². The lowest BCUT2D eigenvalue weighted by Gasteiger charge is -2.30. The summed E-state index contributed by atoms with van der Waals surface area (Å²) in [7, 11) is 2.16. The molecule has 1 atom stereocenters. The minimum Gasteiger partial charge on any atom is -0.308 e. The van der Waals surface area contributed by atoms with E-state index in [1.54, 1.807) is 0 Å². The van der Waals surface area contributed by atoms with Crippen molar-refractivity contribution in [3.05, 3.63) is 23.8 Å². The predicted molar refractivity (Wildman–Crippen MR) is 81.3 cm³/mol. The van der Waals surface area contributed by atoms with Gasteiger partial charge >= 0.3 is 0 Å². The Balaban J connectivity index is 1.98. The van der Waals surface area contributed by atoms with E-state index in [0.717, 1.165) is 30.2 Å². The van der Waals surface area contributed by atoms with Crippen LogP contribution in [-0.4, -0.2) is 45.5 Å². The third-order valence-electron chi connectivity index (χ3n) is 3.24. The third kappa shape index (κ3) is 4.44. The lowest BCUT2D eigenvalue weighted by molar-refractivity contribution is 0.264. The molecule has 1 aromatic heterocycles. The van der Waals surface area contributed by atoms with E-state index in [1.807, 2.05) is 24.2 Å². The number of thioether (sulfide) groups is 1. The largest absolute Gasteiger partial charge is 0.308 e. The molecule has 106 valence electrons. The van der Waals surface area contributed by atoms with Crippen LogP contribution in [0.3, 0.4) is 0 Å². The van der Waals surface area contributed by atoms with Crippen molar-refractivity contribution >= 4 is 11.8 Å². The van der Waals surface area contributed by atoms with Gasteiger partial charge in [-0.15, -0.1) is 0 Å². The number of hydrogen-bond acceptors (Lipinski definition) is 5. The lowest BCUT2D eigenvalue weighted by Crippen LogP contribution is -2.35. The molecule has 2 heterocycles. The van der Waals surface area contributed by atoms with Crippen LogP contribution in [0.2, 0.25) is 0 Å². The van der Waals surface area contributed by atoms with Crippen LogP contribution in [0.4, 0.5) is 0 Å². The molecule has 1 N–H and O–H groups in total. The van der Waals surface area contributed by atoms with Crippen LogP contribution in [0, 0.1) is 0 Å². The van der Waals surface area contributed by atoms with Crippen molar-refractivity contribution in [1.29, 1.82) is 0 Å². The minimum absolute atomic E-state index is 0.124. The van der Waals surface area contributed by atoms with Gasteiger partial charge in [0.25, 0.3) is 0 Å². The van der Waals surface area contributed by atoms with Crippen molar-refractivity contribution in [2.45, 2.75) is 38.9 Å². The molecule has 1 aliphatic heterocycles. The molecule has 0 aromatic carbocycles. The fraction of sp³-hybridized carbons (Fsp3) is 0.714. The number of nitrogens with zero attached hydrogens (tertiary/aromatic N) is 3. The van der Waals surface area contributed by atoms with Gasteiger partial charge < -0.3 is 5.32 Å². The molecular weight excluding hydrogens is 256 g/mol. The van der Waals surface area contributed by atoms with E-state index in [2.05, 4.69) is 48.0 Å². The molecule has 1 fully saturated rings. The van der Waals surface area contributed by atoms with Gasteiger partial charge in [-0.05, 0) is 27.8 Å². The molecule has 0 saturated carbocycles. The summed E-state index contributed by atoms with van der Waals surface area (Å²) < 4.78 is 0. The Morgan fingerprint density at radius 3 is 2.63 bits per heavy atom. The van der Waals surface area contributed by atoms with Gasteiger partial charge in [0.05, 0.1) is 6.04 Å². The minimum atomic E-state index is 0.124. The monoisotopic (exact) mass is 280 g/mol. The van der Waals surface area contributed by atoms with E-state index in [9.17, 15) is 0 Å². The van der Waals surface area contributed by atoms with Gasteiger partial charge in [-0.3, -0.25) is 4.90 Å². The molecule has 4 nitrogen and oxygen atoms in total. The highest BCUT2D eigenvalue weighted by molar-refractivity contribution is 7.99. The second kappa shape index (κ2) is 6.20. The second-order valence-electron chi connectivity index (χ2n) is 6.12. The van der Waals surface area contributed by atoms with Gasteiger partial charge in [0.1, 0.15) is 5.82 Å². The van der Waals surface area contributed by atoms with Crippen molar-refractivity contribution in [3.8, 4) is 0 Å². The predicted octanol–water partition coefficient (Wildman–Crippen LogP) is 2.08. The van der Waals surface area contributed by atoms with Crippen LogP contribution in [0.5, 0.6) is 0 Å². The first kappa shape index (κ1) is 14.8. The molecule has 0 aliphatic carbocycles. The van der Waals surface area contributed by atoms with Gasteiger partial charge in [-0.1, -0.05) is 0 Å². The molecule has 1 aromatic rings. The van der Waals surface area contributed by atoms with Crippen molar-refractivity contribution in [2.75, 3.05) is 25.1 Å². The van der Waals surface area contributed by atoms with Crippen LogP contribution in [0.25, 0.3) is 0 Å². The first-order valence-electron chi connectivity index (χ1n) is 6.79. The summed E-state index contributed by atoms with van der Waals surface area (Å²) in [6.07, 6.45) is 3.91. The van der Waals surface area contributed by atoms with E-state index < -0.39 is 0 Å². The molecule has 1 aliphatic rings. The van der Waals surface area contributed by atoms with Crippen molar-refractivity contribution < 1.29 is 0 Å². The van der Waals surface area contributed by atoms with Crippen LogP contribution in [0.15, 0.2) is 12.4 Å². The van der Waals surface area contributed by atoms with Gasteiger partial charge in [-0.25, -0.2) is 9.97 Å². The maximum Gasteiger partial charge on any atom is 0.146 e. The van der Waals surface area contributed by atoms with Crippen molar-refractivity contribution in [3.63, 3.8) is 0 Å². The summed E-state index contributed by atoms with van der Waals surface area (Å²) in [6.45, 7) is 8.42. The maximum atomic E-state index is 4.55. The van der Waals surface area contributed by atoms with Crippen molar-refractivity contribution in [1.82, 2.24) is 20.2 Å². The van der Waals surface area contributed by atoms with E-state index >= 15 is 0 Å². The normalized spacial score (nSPS) is 21.6. The highest BCUT2D eigenvalue weighted by atomic mass is 32.2.